The number of carboxylic acid groups (broad SMARTS) is 1. The third-order valence-electron chi connectivity index (χ3n) is 15.8. The minimum atomic E-state index is -1.18. The Morgan fingerprint density at radius 2 is 0.780 bits per heavy atom. The Morgan fingerprint density at radius 1 is 0.440 bits per heavy atom. The SMILES string of the molecule is C.CCOC(=O)C(CC)(CCC(=O)O)c1cncc(Nc2ccccc2OC)n1.CCOC(=O)C(CC)(CCC(=O)OCc1ccccc1)c1cncc(Cl)n1.CCOC(=O)C(CC)(CCC(=O)OCc1ccccc1)c1cncc(Nc2ccccc2OC)n1.COc1ccccc1N. The summed E-state index contributed by atoms with van der Waals surface area (Å²) in [5.41, 5.74) is 7.16. The number of halogens is 1. The maximum atomic E-state index is 13.2. The summed E-state index contributed by atoms with van der Waals surface area (Å²) in [5, 5.41) is 15.6. The van der Waals surface area contributed by atoms with Crippen LogP contribution in [-0.4, -0.2) is 112 Å². The summed E-state index contributed by atoms with van der Waals surface area (Å²) in [5.74, 6) is -0.287. The van der Waals surface area contributed by atoms with Crippen LogP contribution in [0.15, 0.2) is 171 Å². The van der Waals surface area contributed by atoms with E-state index >= 15 is 0 Å². The van der Waals surface area contributed by atoms with E-state index in [2.05, 4.69) is 40.5 Å². The van der Waals surface area contributed by atoms with E-state index in [1.807, 2.05) is 135 Å². The first-order chi connectivity index (χ1) is 47.8. The summed E-state index contributed by atoms with van der Waals surface area (Å²) in [4.78, 5) is 101. The summed E-state index contributed by atoms with van der Waals surface area (Å²) < 4.78 is 42.3. The van der Waals surface area contributed by atoms with E-state index < -0.39 is 52.1 Å². The molecule has 3 heterocycles. The Labute approximate surface area is 590 Å². The van der Waals surface area contributed by atoms with Crippen molar-refractivity contribution in [3.63, 3.8) is 0 Å². The molecule has 0 fully saturated rings. The molecule has 0 saturated carbocycles. The molecule has 100 heavy (non-hydrogen) atoms. The number of para-hydroxylation sites is 6. The maximum Gasteiger partial charge on any atom is 0.318 e. The highest BCUT2D eigenvalue weighted by atomic mass is 35.5. The average molecular weight is 1400 g/mol. The van der Waals surface area contributed by atoms with Crippen LogP contribution in [0.3, 0.4) is 0 Å². The van der Waals surface area contributed by atoms with E-state index in [1.165, 1.54) is 24.8 Å². The van der Waals surface area contributed by atoms with Crippen LogP contribution in [0.2, 0.25) is 5.15 Å². The van der Waals surface area contributed by atoms with E-state index in [4.69, 9.17) is 60.3 Å². The highest BCUT2D eigenvalue weighted by molar-refractivity contribution is 6.29. The number of carboxylic acids is 1. The van der Waals surface area contributed by atoms with Gasteiger partial charge in [0.2, 0.25) is 0 Å². The summed E-state index contributed by atoms with van der Waals surface area (Å²) in [6.07, 6.45) is 10.5. The van der Waals surface area contributed by atoms with Gasteiger partial charge in [-0.1, -0.05) is 137 Å². The van der Waals surface area contributed by atoms with Gasteiger partial charge >= 0.3 is 35.8 Å². The standard InChI is InChI=1S/C27H31N3O5.C20H23ClN2O4.C20H25N3O5.C7H9NO.CH4/c1-4-27(26(32)34-5-2,16-15-25(31)35-19-20-11-7-6-8-12-20)23-17-28-18-24(30-23)29-21-13-9-10-14-22(21)33-3;1-3-20(19(25)26-4-2,16-12-22-13-17(21)23-16)11-10-18(24)27-14-15-8-6-5-7-9-15;1-4-20(11-10-18(24)25,19(26)28-5-2)16-12-21-13-17(23-16)22-14-8-6-7-9-15(14)27-3;1-9-7-5-3-2-4-6(7)8;/h6-14,17-18H,4-5,15-16,19H2,1-3H3,(H,29,30);5-9,12-13H,3-4,10-11,14H2,1-2H3;6-9,12-13H,4-5,10-11H2,1-3H3,(H,22,23)(H,24,25);2-5H,8H2,1H3;1H4. The molecule has 0 bridgehead atoms. The van der Waals surface area contributed by atoms with Gasteiger partial charge < -0.3 is 59.4 Å². The van der Waals surface area contributed by atoms with Gasteiger partial charge in [-0.3, -0.25) is 43.7 Å². The molecule has 24 nitrogen and oxygen atoms in total. The number of anilines is 5. The largest absolute Gasteiger partial charge is 0.495 e. The number of hydrogen-bond acceptors (Lipinski definition) is 23. The van der Waals surface area contributed by atoms with Crippen LogP contribution in [0.4, 0.5) is 28.7 Å². The van der Waals surface area contributed by atoms with Gasteiger partial charge in [-0.05, 0) is 107 Å². The van der Waals surface area contributed by atoms with Crippen molar-refractivity contribution in [3.05, 3.63) is 204 Å². The molecule has 0 aliphatic carbocycles. The van der Waals surface area contributed by atoms with Crippen molar-refractivity contribution in [2.24, 2.45) is 0 Å². The smallest absolute Gasteiger partial charge is 0.318 e. The average Bonchev–Trinajstić information content (AvgIpc) is 0.803. The molecule has 25 heteroatoms. The molecule has 8 aromatic rings. The molecule has 8 rings (SSSR count). The van der Waals surface area contributed by atoms with Gasteiger partial charge in [-0.2, -0.15) is 0 Å². The summed E-state index contributed by atoms with van der Waals surface area (Å²) in [6.45, 7) is 11.7. The van der Waals surface area contributed by atoms with Gasteiger partial charge in [-0.25, -0.2) is 15.0 Å². The van der Waals surface area contributed by atoms with Crippen LogP contribution in [0.25, 0.3) is 0 Å². The number of nitrogens with two attached hydrogens (primary N) is 1. The van der Waals surface area contributed by atoms with Crippen LogP contribution in [0.5, 0.6) is 17.2 Å². The molecule has 0 amide bonds. The predicted molar refractivity (Wildman–Crippen MR) is 381 cm³/mol. The monoisotopic (exact) mass is 1390 g/mol. The Morgan fingerprint density at radius 3 is 1.12 bits per heavy atom. The van der Waals surface area contributed by atoms with Crippen molar-refractivity contribution in [1.29, 1.82) is 0 Å². The third kappa shape index (κ3) is 24.1. The number of carbonyl (C=O) groups is 6. The second-order valence-corrected chi connectivity index (χ2v) is 22.2. The molecule has 0 saturated heterocycles. The van der Waals surface area contributed by atoms with Crippen molar-refractivity contribution in [1.82, 2.24) is 29.9 Å². The Balaban J connectivity index is 0.000000300. The second-order valence-electron chi connectivity index (χ2n) is 21.9. The number of rotatable bonds is 32. The van der Waals surface area contributed by atoms with Crippen molar-refractivity contribution in [2.75, 3.05) is 57.5 Å². The lowest BCUT2D eigenvalue weighted by molar-refractivity contribution is -0.154. The summed E-state index contributed by atoms with van der Waals surface area (Å²) >= 11 is 5.95. The van der Waals surface area contributed by atoms with Crippen molar-refractivity contribution in [3.8, 4) is 17.2 Å². The fraction of sp³-hybridized carbons (Fsp3) is 0.360. The van der Waals surface area contributed by atoms with Gasteiger partial charge in [-0.15, -0.1) is 0 Å². The molecular formula is C75H92ClN9O15. The van der Waals surface area contributed by atoms with Crippen LogP contribution in [0, 0.1) is 0 Å². The normalized spacial score (nSPS) is 12.1. The van der Waals surface area contributed by atoms with Gasteiger partial charge in [0.25, 0.3) is 0 Å². The zero-order valence-corrected chi connectivity index (χ0v) is 58.1. The van der Waals surface area contributed by atoms with Crippen molar-refractivity contribution >= 4 is 76.1 Å². The first kappa shape index (κ1) is 81.7. The first-order valence-corrected chi connectivity index (χ1v) is 32.7. The molecule has 3 atom stereocenters. The molecule has 3 aromatic heterocycles. The number of aromatic nitrogens is 6. The van der Waals surface area contributed by atoms with E-state index in [-0.39, 0.29) is 84.1 Å². The molecule has 3 unspecified atom stereocenters. The molecule has 0 radical (unpaired) electrons. The van der Waals surface area contributed by atoms with E-state index in [0.717, 1.165) is 16.9 Å². The van der Waals surface area contributed by atoms with Crippen LogP contribution in [0.1, 0.15) is 135 Å². The molecule has 0 aliphatic heterocycles. The number of nitrogen functional groups attached to an aromatic ring is 1. The lowest BCUT2D eigenvalue weighted by Crippen LogP contribution is -2.39. The number of benzene rings is 5. The van der Waals surface area contributed by atoms with Gasteiger partial charge in [0.1, 0.15) is 63.5 Å². The molecule has 534 valence electrons. The zero-order valence-electron chi connectivity index (χ0n) is 57.4. The van der Waals surface area contributed by atoms with E-state index in [9.17, 15) is 28.8 Å². The molecular weight excluding hydrogens is 1300 g/mol. The minimum absolute atomic E-state index is 0. The first-order valence-electron chi connectivity index (χ1n) is 32.3. The maximum absolute atomic E-state index is 13.2. The Hall–Kier alpha value is -10.8. The van der Waals surface area contributed by atoms with Crippen LogP contribution >= 0.6 is 11.6 Å². The number of aliphatic carboxylic acids is 1. The van der Waals surface area contributed by atoms with Crippen molar-refractivity contribution in [2.45, 2.75) is 136 Å². The van der Waals surface area contributed by atoms with Gasteiger partial charge in [0.05, 0.1) is 93.9 Å². The number of carbonyl (C=O) groups excluding carboxylic acids is 5. The van der Waals surface area contributed by atoms with E-state index in [0.29, 0.717) is 76.5 Å². The highest BCUT2D eigenvalue weighted by Crippen LogP contribution is 2.38. The number of ether oxygens (including phenoxy) is 8. The molecule has 5 aromatic carbocycles. The molecule has 0 aliphatic rings. The number of methoxy groups -OCH3 is 3. The predicted octanol–water partition coefficient (Wildman–Crippen LogP) is 14.0. The second kappa shape index (κ2) is 42.8. The Kier molecular flexibility index (Phi) is 35.0. The lowest BCUT2D eigenvalue weighted by Gasteiger charge is -2.29. The van der Waals surface area contributed by atoms with Crippen molar-refractivity contribution < 1.29 is 71.8 Å². The number of hydrogen-bond donors (Lipinski definition) is 4. The summed E-state index contributed by atoms with van der Waals surface area (Å²) in [6, 6.07) is 41.0. The molecule has 5 N–H and O–H groups in total. The van der Waals surface area contributed by atoms with Gasteiger partial charge in [0, 0.05) is 37.9 Å². The topological polar surface area (TPSA) is 324 Å². The molecule has 0 spiro atoms. The van der Waals surface area contributed by atoms with Crippen LogP contribution < -0.4 is 30.6 Å². The number of nitrogens with one attached hydrogen (secondary N) is 2. The fourth-order valence-electron chi connectivity index (χ4n) is 10.2. The minimum Gasteiger partial charge on any atom is -0.495 e. The van der Waals surface area contributed by atoms with Crippen LogP contribution in [-0.2, 0) is 81.9 Å². The highest BCUT2D eigenvalue weighted by Gasteiger charge is 2.45. The zero-order chi connectivity index (χ0) is 72.1. The lowest BCUT2D eigenvalue weighted by atomic mass is 9.77. The Bertz CT molecular complexity index is 3840. The number of nitrogens with zero attached hydrogens (tertiary/aromatic N) is 6. The van der Waals surface area contributed by atoms with E-state index in [1.54, 1.807) is 73.6 Å². The third-order valence-corrected chi connectivity index (χ3v) is 16.0. The quantitative estimate of drug-likeness (QED) is 0.0173. The fourth-order valence-corrected chi connectivity index (χ4v) is 10.4. The summed E-state index contributed by atoms with van der Waals surface area (Å²) in [7, 11) is 4.76. The van der Waals surface area contributed by atoms with Gasteiger partial charge in [0.15, 0.2) is 0 Å². The number of esters is 5.